The summed E-state index contributed by atoms with van der Waals surface area (Å²) in [6.07, 6.45) is 0. The second kappa shape index (κ2) is 5.87. The molecule has 1 aromatic rings. The quantitative estimate of drug-likeness (QED) is 0.901. The van der Waals surface area contributed by atoms with E-state index in [2.05, 4.69) is 0 Å². The minimum atomic E-state index is -4.05. The highest BCUT2D eigenvalue weighted by molar-refractivity contribution is 7.89. The Bertz CT molecular complexity index is 634. The van der Waals surface area contributed by atoms with E-state index in [9.17, 15) is 13.2 Å². The first-order valence-electron chi connectivity index (χ1n) is 5.61. The third-order valence-electron chi connectivity index (χ3n) is 2.84. The van der Waals surface area contributed by atoms with Gasteiger partial charge in [0.2, 0.25) is 10.0 Å². The Morgan fingerprint density at radius 2 is 2.10 bits per heavy atom. The number of carbonyl (C=O) groups is 1. The van der Waals surface area contributed by atoms with E-state index in [1.807, 2.05) is 0 Å². The van der Waals surface area contributed by atoms with Crippen LogP contribution in [0.4, 0.5) is 0 Å². The molecule has 1 unspecified atom stereocenters. The van der Waals surface area contributed by atoms with Gasteiger partial charge in [-0.3, -0.25) is 4.79 Å². The van der Waals surface area contributed by atoms with Gasteiger partial charge in [0.05, 0.1) is 18.2 Å². The fraction of sp³-hybridized carbons (Fsp3) is 0.364. The van der Waals surface area contributed by atoms with Crippen molar-refractivity contribution in [1.29, 1.82) is 0 Å². The van der Waals surface area contributed by atoms with Crippen molar-refractivity contribution in [3.63, 3.8) is 0 Å². The zero-order valence-corrected chi connectivity index (χ0v) is 12.5. The van der Waals surface area contributed by atoms with E-state index >= 15 is 0 Å². The number of hydrogen-bond donors (Lipinski definition) is 1. The molecule has 0 amide bonds. The molecule has 6 nitrogen and oxygen atoms in total. The molecule has 9 heteroatoms. The number of halogens is 2. The number of carboxylic acids is 1. The van der Waals surface area contributed by atoms with E-state index in [-0.39, 0.29) is 34.7 Å². The molecule has 1 aromatic carbocycles. The zero-order chi connectivity index (χ0) is 14.9. The van der Waals surface area contributed by atoms with Crippen LogP contribution in [0.1, 0.15) is 0 Å². The molecule has 1 aliphatic heterocycles. The van der Waals surface area contributed by atoms with Gasteiger partial charge in [-0.1, -0.05) is 23.2 Å². The van der Waals surface area contributed by atoms with Crippen LogP contribution in [0.2, 0.25) is 10.0 Å². The average Bonchev–Trinajstić information content (AvgIpc) is 2.41. The van der Waals surface area contributed by atoms with Crippen molar-refractivity contribution in [2.45, 2.75) is 10.9 Å². The first-order valence-corrected chi connectivity index (χ1v) is 7.81. The molecule has 0 spiro atoms. The first kappa shape index (κ1) is 15.5. The molecule has 0 aliphatic carbocycles. The summed E-state index contributed by atoms with van der Waals surface area (Å²) < 4.78 is 31.0. The molecule has 0 aromatic heterocycles. The van der Waals surface area contributed by atoms with Gasteiger partial charge in [0.25, 0.3) is 0 Å². The molecular weight excluding hydrogens is 329 g/mol. The van der Waals surface area contributed by atoms with Crippen LogP contribution in [0.5, 0.6) is 0 Å². The van der Waals surface area contributed by atoms with Crippen molar-refractivity contribution in [2.75, 3.05) is 19.8 Å². The average molecular weight is 340 g/mol. The molecule has 1 saturated heterocycles. The van der Waals surface area contributed by atoms with Gasteiger partial charge >= 0.3 is 5.97 Å². The molecule has 0 radical (unpaired) electrons. The molecule has 1 N–H and O–H groups in total. The lowest BCUT2D eigenvalue weighted by Crippen LogP contribution is -2.52. The van der Waals surface area contributed by atoms with Crippen LogP contribution in [0, 0.1) is 0 Å². The highest BCUT2D eigenvalue weighted by atomic mass is 35.5. The van der Waals surface area contributed by atoms with E-state index in [0.29, 0.717) is 0 Å². The lowest BCUT2D eigenvalue weighted by Gasteiger charge is -2.32. The summed E-state index contributed by atoms with van der Waals surface area (Å²) in [7, 11) is -4.05. The third-order valence-corrected chi connectivity index (χ3v) is 5.47. The maximum absolute atomic E-state index is 12.5. The van der Waals surface area contributed by atoms with E-state index in [1.54, 1.807) is 0 Å². The van der Waals surface area contributed by atoms with Crippen LogP contribution in [0.3, 0.4) is 0 Å². The van der Waals surface area contributed by atoms with Crippen molar-refractivity contribution >= 4 is 39.2 Å². The lowest BCUT2D eigenvalue weighted by atomic mass is 10.3. The maximum Gasteiger partial charge on any atom is 0.324 e. The molecule has 1 heterocycles. The SMILES string of the molecule is O=C(O)C1COCCN1S(=O)(=O)c1cc(Cl)ccc1Cl. The normalized spacial score (nSPS) is 20.8. The highest BCUT2D eigenvalue weighted by Gasteiger charge is 2.39. The number of benzene rings is 1. The van der Waals surface area contributed by atoms with Crippen LogP contribution in [-0.2, 0) is 19.6 Å². The lowest BCUT2D eigenvalue weighted by molar-refractivity contribution is -0.146. The molecule has 0 saturated carbocycles. The Kier molecular flexibility index (Phi) is 4.55. The summed E-state index contributed by atoms with van der Waals surface area (Å²) in [4.78, 5) is 10.9. The predicted molar refractivity (Wildman–Crippen MR) is 72.6 cm³/mol. The Morgan fingerprint density at radius 3 is 2.75 bits per heavy atom. The minimum absolute atomic E-state index is 0.00923. The van der Waals surface area contributed by atoms with Crippen LogP contribution in [0.15, 0.2) is 23.1 Å². The molecule has 0 bridgehead atoms. The Morgan fingerprint density at radius 1 is 1.40 bits per heavy atom. The van der Waals surface area contributed by atoms with Crippen LogP contribution in [-0.4, -0.2) is 49.6 Å². The fourth-order valence-corrected chi connectivity index (χ4v) is 4.16. The summed E-state index contributed by atoms with van der Waals surface area (Å²) >= 11 is 11.7. The van der Waals surface area contributed by atoms with Gasteiger partial charge in [-0.25, -0.2) is 8.42 Å². The standard InChI is InChI=1S/C11H11Cl2NO5S/c12-7-1-2-8(13)10(5-7)20(17,18)14-3-4-19-6-9(14)11(15)16/h1-2,5,9H,3-4,6H2,(H,15,16). The number of ether oxygens (including phenoxy) is 1. The molecule has 2 rings (SSSR count). The number of sulfonamides is 1. The zero-order valence-electron chi connectivity index (χ0n) is 10.1. The molecule has 20 heavy (non-hydrogen) atoms. The summed E-state index contributed by atoms with van der Waals surface area (Å²) in [5.41, 5.74) is 0. The van der Waals surface area contributed by atoms with Crippen molar-refractivity contribution in [3.8, 4) is 0 Å². The van der Waals surface area contributed by atoms with Gasteiger partial charge in [0, 0.05) is 11.6 Å². The van der Waals surface area contributed by atoms with Crippen molar-refractivity contribution < 1.29 is 23.1 Å². The largest absolute Gasteiger partial charge is 0.480 e. The smallest absolute Gasteiger partial charge is 0.324 e. The topological polar surface area (TPSA) is 83.9 Å². The van der Waals surface area contributed by atoms with Crippen LogP contribution < -0.4 is 0 Å². The van der Waals surface area contributed by atoms with Crippen molar-refractivity contribution in [2.24, 2.45) is 0 Å². The summed E-state index contributed by atoms with van der Waals surface area (Å²) in [5.74, 6) is -1.27. The van der Waals surface area contributed by atoms with Crippen LogP contribution in [0.25, 0.3) is 0 Å². The summed E-state index contributed by atoms with van der Waals surface area (Å²) in [6, 6.07) is 2.74. The second-order valence-electron chi connectivity index (χ2n) is 4.12. The number of hydrogen-bond acceptors (Lipinski definition) is 4. The first-order chi connectivity index (χ1) is 9.34. The monoisotopic (exact) mass is 339 g/mol. The summed E-state index contributed by atoms with van der Waals surface area (Å²) in [5, 5.41) is 9.29. The summed E-state index contributed by atoms with van der Waals surface area (Å²) in [6.45, 7) is -0.129. The number of rotatable bonds is 3. The van der Waals surface area contributed by atoms with Gasteiger partial charge in [0.15, 0.2) is 0 Å². The number of aliphatic carboxylic acids is 1. The Balaban J connectivity index is 2.47. The predicted octanol–water partition coefficient (Wildman–Crippen LogP) is 1.47. The molecular formula is C11H11Cl2NO5S. The minimum Gasteiger partial charge on any atom is -0.480 e. The Labute approximate surface area is 125 Å². The highest BCUT2D eigenvalue weighted by Crippen LogP contribution is 2.29. The van der Waals surface area contributed by atoms with Gasteiger partial charge < -0.3 is 9.84 Å². The number of morpholine rings is 1. The fourth-order valence-electron chi connectivity index (χ4n) is 1.87. The number of carboxylic acid groups (broad SMARTS) is 1. The van der Waals surface area contributed by atoms with Gasteiger partial charge in [-0.15, -0.1) is 0 Å². The van der Waals surface area contributed by atoms with Gasteiger partial charge in [-0.2, -0.15) is 4.31 Å². The molecule has 110 valence electrons. The van der Waals surface area contributed by atoms with Crippen LogP contribution >= 0.6 is 23.2 Å². The maximum atomic E-state index is 12.5. The van der Waals surface area contributed by atoms with E-state index in [1.165, 1.54) is 18.2 Å². The van der Waals surface area contributed by atoms with E-state index in [0.717, 1.165) is 4.31 Å². The second-order valence-corrected chi connectivity index (χ2v) is 6.82. The van der Waals surface area contributed by atoms with Crippen molar-refractivity contribution in [3.05, 3.63) is 28.2 Å². The van der Waals surface area contributed by atoms with Gasteiger partial charge in [0.1, 0.15) is 10.9 Å². The van der Waals surface area contributed by atoms with Gasteiger partial charge in [-0.05, 0) is 18.2 Å². The Hall–Kier alpha value is -0.860. The van der Waals surface area contributed by atoms with E-state index in [4.69, 9.17) is 33.0 Å². The molecule has 1 aliphatic rings. The third kappa shape index (κ3) is 2.91. The number of nitrogens with zero attached hydrogens (tertiary/aromatic N) is 1. The molecule has 1 fully saturated rings. The molecule has 1 atom stereocenters. The van der Waals surface area contributed by atoms with E-state index < -0.39 is 22.0 Å². The van der Waals surface area contributed by atoms with Crippen molar-refractivity contribution in [1.82, 2.24) is 4.31 Å².